The Morgan fingerprint density at radius 2 is 0.711 bits per heavy atom. The molecule has 266 valence electrons. The van der Waals surface area contributed by atoms with E-state index in [4.69, 9.17) is 0 Å². The summed E-state index contributed by atoms with van der Waals surface area (Å²) in [7, 11) is 0. The molecule has 0 fully saturated rings. The summed E-state index contributed by atoms with van der Waals surface area (Å²) in [4.78, 5) is 3.75. The molecule has 0 aliphatic carbocycles. The minimum absolute atomic E-state index is 0.619. The Bertz CT molecular complexity index is 694. The van der Waals surface area contributed by atoms with E-state index in [0.29, 0.717) is 12.0 Å². The third-order valence-electron chi connectivity index (χ3n) is 10.6. The molecular weight excluding hydrogens is 544 g/mol. The zero-order valence-electron chi connectivity index (χ0n) is 31.8. The molecule has 1 aromatic rings. The van der Waals surface area contributed by atoms with Crippen molar-refractivity contribution in [3.05, 3.63) is 18.2 Å². The lowest BCUT2D eigenvalue weighted by atomic mass is 9.92. The van der Waals surface area contributed by atoms with Gasteiger partial charge in [-0.2, -0.15) is 0 Å². The van der Waals surface area contributed by atoms with Crippen molar-refractivity contribution < 1.29 is 4.57 Å². The van der Waals surface area contributed by atoms with Gasteiger partial charge in [-0.15, -0.1) is 0 Å². The minimum atomic E-state index is 0.619. The zero-order chi connectivity index (χ0) is 32.5. The molecule has 2 heteroatoms. The maximum absolute atomic E-state index is 3.75. The summed E-state index contributed by atoms with van der Waals surface area (Å²) in [6.45, 7) is 9.43. The Kier molecular flexibility index (Phi) is 31.1. The van der Waals surface area contributed by atoms with Crippen LogP contribution in [0.25, 0.3) is 0 Å². The molecule has 1 aromatic heterocycles. The molecule has 0 radical (unpaired) electrons. The van der Waals surface area contributed by atoms with Gasteiger partial charge in [-0.05, 0) is 32.6 Å². The number of nitrogens with one attached hydrogen (secondary N) is 1. The van der Waals surface area contributed by atoms with Crippen LogP contribution in [-0.2, 0) is 0 Å². The van der Waals surface area contributed by atoms with E-state index in [2.05, 4.69) is 49.6 Å². The van der Waals surface area contributed by atoms with Crippen LogP contribution in [0.3, 0.4) is 0 Å². The lowest BCUT2D eigenvalue weighted by Crippen LogP contribution is -2.41. The van der Waals surface area contributed by atoms with Crippen molar-refractivity contribution in [2.45, 2.75) is 258 Å². The number of hydrogen-bond acceptors (Lipinski definition) is 0. The molecule has 1 rings (SSSR count). The molecule has 0 aliphatic rings. The monoisotopic (exact) mass is 630 g/mol. The number of nitrogens with zero attached hydrogens (tertiary/aromatic N) is 1. The molecule has 0 saturated carbocycles. The van der Waals surface area contributed by atoms with Crippen molar-refractivity contribution in [2.75, 3.05) is 0 Å². The van der Waals surface area contributed by atoms with Crippen LogP contribution in [0, 0.1) is 0 Å². The molecule has 0 saturated heterocycles. The lowest BCUT2D eigenvalue weighted by Gasteiger charge is -2.17. The third kappa shape index (κ3) is 25.0. The van der Waals surface area contributed by atoms with Gasteiger partial charge in [0, 0.05) is 0 Å². The highest BCUT2D eigenvalue weighted by atomic mass is 15.1. The maximum atomic E-state index is 3.75. The second kappa shape index (κ2) is 33.1. The van der Waals surface area contributed by atoms with E-state index in [0.717, 1.165) is 0 Å². The molecule has 2 nitrogen and oxygen atoms in total. The lowest BCUT2D eigenvalue weighted by molar-refractivity contribution is -0.727. The Hall–Kier alpha value is -0.790. The van der Waals surface area contributed by atoms with Crippen molar-refractivity contribution in [1.82, 2.24) is 4.98 Å². The van der Waals surface area contributed by atoms with Crippen LogP contribution in [0.15, 0.2) is 12.4 Å². The Balaban J connectivity index is 2.30. The van der Waals surface area contributed by atoms with E-state index in [9.17, 15) is 0 Å². The smallest absolute Gasteiger partial charge is 0.247 e. The highest BCUT2D eigenvalue weighted by Gasteiger charge is 2.25. The third-order valence-corrected chi connectivity index (χ3v) is 10.6. The van der Waals surface area contributed by atoms with Crippen molar-refractivity contribution in [3.63, 3.8) is 0 Å². The number of aromatic amines is 1. The highest BCUT2D eigenvalue weighted by Crippen LogP contribution is 2.27. The van der Waals surface area contributed by atoms with Gasteiger partial charge in [-0.3, -0.25) is 0 Å². The Morgan fingerprint density at radius 3 is 1.04 bits per heavy atom. The fourth-order valence-electron chi connectivity index (χ4n) is 7.49. The molecule has 0 aromatic carbocycles. The Morgan fingerprint density at radius 1 is 0.422 bits per heavy atom. The van der Waals surface area contributed by atoms with Gasteiger partial charge in [0.2, 0.25) is 0 Å². The number of unbranched alkanes of at least 4 members (excludes halogenated alkanes) is 28. The van der Waals surface area contributed by atoms with Gasteiger partial charge in [0.05, 0.1) is 12.0 Å². The van der Waals surface area contributed by atoms with Gasteiger partial charge in [0.15, 0.2) is 0 Å². The summed E-state index contributed by atoms with van der Waals surface area (Å²) < 4.78 is 2.64. The normalized spacial score (nSPS) is 13.1. The second-order valence-electron chi connectivity index (χ2n) is 15.1. The number of imidazole rings is 1. The minimum Gasteiger partial charge on any atom is -0.247 e. The first-order chi connectivity index (χ1) is 22.2. The van der Waals surface area contributed by atoms with E-state index in [-0.39, 0.29) is 0 Å². The van der Waals surface area contributed by atoms with E-state index in [1.165, 1.54) is 224 Å². The van der Waals surface area contributed by atoms with Crippen LogP contribution < -0.4 is 4.57 Å². The molecular formula is C43H85N2+. The number of aromatic nitrogens is 2. The topological polar surface area (TPSA) is 19.7 Å². The SMILES string of the molecule is CCCCCCCCCCCCCCCCCC(C)[n+]1cc[nH]c1C(CCCCCCCC)CCCCCCCCCCCC. The molecule has 1 N–H and O–H groups in total. The van der Waals surface area contributed by atoms with Gasteiger partial charge in [-0.1, -0.05) is 213 Å². The van der Waals surface area contributed by atoms with Crippen molar-refractivity contribution in [1.29, 1.82) is 0 Å². The van der Waals surface area contributed by atoms with Gasteiger partial charge in [-0.25, -0.2) is 9.55 Å². The van der Waals surface area contributed by atoms with E-state index < -0.39 is 0 Å². The molecule has 0 spiro atoms. The summed E-state index contributed by atoms with van der Waals surface area (Å²) in [5, 5.41) is 0. The van der Waals surface area contributed by atoms with Crippen LogP contribution in [0.5, 0.6) is 0 Å². The summed E-state index contributed by atoms with van der Waals surface area (Å²) in [5.41, 5.74) is 0. The largest absolute Gasteiger partial charge is 0.257 e. The zero-order valence-corrected chi connectivity index (χ0v) is 31.8. The van der Waals surface area contributed by atoms with E-state index >= 15 is 0 Å². The molecule has 0 bridgehead atoms. The standard InChI is InChI=1S/C43H84N2/c1-5-8-11-14-17-19-21-22-23-24-25-26-28-30-33-36-41(4)45-40-39-44-43(45)42(37-34-31-16-13-10-7-3)38-35-32-29-27-20-18-15-12-9-6-2/h39-42H,5-38H2,1-4H3/p+1. The number of hydrogen-bond donors (Lipinski definition) is 1. The first-order valence-electron chi connectivity index (χ1n) is 21.3. The van der Waals surface area contributed by atoms with E-state index in [1.54, 1.807) is 0 Å². The van der Waals surface area contributed by atoms with Crippen LogP contribution in [0.4, 0.5) is 0 Å². The summed E-state index contributed by atoms with van der Waals surface area (Å²) in [6, 6.07) is 0.619. The van der Waals surface area contributed by atoms with Crippen molar-refractivity contribution >= 4 is 0 Å². The maximum Gasteiger partial charge on any atom is 0.257 e. The van der Waals surface area contributed by atoms with Crippen LogP contribution in [-0.4, -0.2) is 4.98 Å². The van der Waals surface area contributed by atoms with E-state index in [1.807, 2.05) is 0 Å². The highest BCUT2D eigenvalue weighted by molar-refractivity contribution is 4.90. The quantitative estimate of drug-likeness (QED) is 0.0563. The Labute approximate surface area is 285 Å². The molecule has 2 unspecified atom stereocenters. The molecule has 1 heterocycles. The second-order valence-corrected chi connectivity index (χ2v) is 15.1. The van der Waals surface area contributed by atoms with Crippen molar-refractivity contribution in [3.8, 4) is 0 Å². The van der Waals surface area contributed by atoms with Gasteiger partial charge in [0.25, 0.3) is 5.82 Å². The van der Waals surface area contributed by atoms with Gasteiger partial charge in [0.1, 0.15) is 12.4 Å². The number of H-pyrrole nitrogens is 1. The average molecular weight is 630 g/mol. The summed E-state index contributed by atoms with van der Waals surface area (Å²) >= 11 is 0. The first-order valence-corrected chi connectivity index (χ1v) is 21.3. The molecule has 2 atom stereocenters. The number of rotatable bonds is 36. The molecule has 45 heavy (non-hydrogen) atoms. The first kappa shape index (κ1) is 42.2. The fraction of sp³-hybridized carbons (Fsp3) is 0.930. The average Bonchev–Trinajstić information content (AvgIpc) is 3.54. The summed E-state index contributed by atoms with van der Waals surface area (Å²) in [5.74, 6) is 2.25. The predicted octanol–water partition coefficient (Wildman–Crippen LogP) is 15.3. The molecule has 0 amide bonds. The molecule has 0 aliphatic heterocycles. The fourth-order valence-corrected chi connectivity index (χ4v) is 7.49. The van der Waals surface area contributed by atoms with Crippen LogP contribution >= 0.6 is 0 Å². The van der Waals surface area contributed by atoms with Crippen LogP contribution in [0.1, 0.15) is 264 Å². The summed E-state index contributed by atoms with van der Waals surface area (Å²) in [6.07, 6.45) is 53.1. The van der Waals surface area contributed by atoms with Crippen molar-refractivity contribution in [2.24, 2.45) is 0 Å². The van der Waals surface area contributed by atoms with Crippen LogP contribution in [0.2, 0.25) is 0 Å². The predicted molar refractivity (Wildman–Crippen MR) is 202 cm³/mol. The van der Waals surface area contributed by atoms with Gasteiger partial charge >= 0.3 is 0 Å². The van der Waals surface area contributed by atoms with Gasteiger partial charge < -0.3 is 0 Å².